The number of hydrogen-bond acceptors (Lipinski definition) is 2. The Bertz CT molecular complexity index is 727. The van der Waals surface area contributed by atoms with Crippen LogP contribution in [0.2, 0.25) is 0 Å². The number of nitrogens with zero attached hydrogens (tertiary/aromatic N) is 1. The summed E-state index contributed by atoms with van der Waals surface area (Å²) in [5.74, 6) is 0.367. The molecule has 3 rings (SSSR count). The topological polar surface area (TPSA) is 23.5 Å². The number of aryl methyl sites for hydroxylation is 1. The molecule has 24 heavy (non-hydrogen) atoms. The maximum Gasteiger partial charge on any atom is 0.120 e. The van der Waals surface area contributed by atoms with Crippen molar-refractivity contribution in [2.24, 2.45) is 0 Å². The smallest absolute Gasteiger partial charge is 0.120 e. The van der Waals surface area contributed by atoms with Crippen LogP contribution in [0.15, 0.2) is 78.9 Å². The van der Waals surface area contributed by atoms with Gasteiger partial charge in [0.2, 0.25) is 0 Å². The van der Waals surface area contributed by atoms with E-state index in [1.165, 1.54) is 16.7 Å². The number of rotatable bonds is 6. The summed E-state index contributed by atoms with van der Waals surface area (Å²) in [6.45, 7) is 4.48. The van der Waals surface area contributed by atoms with Gasteiger partial charge in [-0.25, -0.2) is 0 Å². The van der Waals surface area contributed by atoms with Gasteiger partial charge in [-0.2, -0.15) is 0 Å². The third-order valence-corrected chi connectivity index (χ3v) is 4.13. The summed E-state index contributed by atoms with van der Waals surface area (Å²) in [5, 5.41) is 10.2. The van der Waals surface area contributed by atoms with E-state index in [-0.39, 0.29) is 0 Å². The zero-order valence-corrected chi connectivity index (χ0v) is 14.0. The van der Waals surface area contributed by atoms with E-state index < -0.39 is 0 Å². The third-order valence-electron chi connectivity index (χ3n) is 4.13. The molecule has 0 fully saturated rings. The van der Waals surface area contributed by atoms with E-state index in [1.54, 1.807) is 6.07 Å². The first-order valence-electron chi connectivity index (χ1n) is 8.29. The lowest BCUT2D eigenvalue weighted by molar-refractivity contribution is 0.244. The maximum atomic E-state index is 10.2. The monoisotopic (exact) mass is 317 g/mol. The standard InChI is InChI=1S/C22H23NO/c1-18-12-13-22(24)21(14-18)17-23(15-19-8-4-2-5-9-19)16-20-10-6-3-7-11-20/h2-14,24H,15-17H2,1H3. The number of phenolic OH excluding ortho intramolecular Hbond substituents is 1. The Labute approximate surface area is 144 Å². The number of benzene rings is 3. The molecule has 0 saturated carbocycles. The summed E-state index contributed by atoms with van der Waals surface area (Å²) < 4.78 is 0. The summed E-state index contributed by atoms with van der Waals surface area (Å²) in [5.41, 5.74) is 4.70. The zero-order valence-electron chi connectivity index (χ0n) is 14.0. The second-order valence-electron chi connectivity index (χ2n) is 6.25. The van der Waals surface area contributed by atoms with Gasteiger partial charge in [0.05, 0.1) is 0 Å². The van der Waals surface area contributed by atoms with Gasteiger partial charge in [0.15, 0.2) is 0 Å². The van der Waals surface area contributed by atoms with E-state index >= 15 is 0 Å². The van der Waals surface area contributed by atoms with Gasteiger partial charge in [-0.3, -0.25) is 4.90 Å². The Kier molecular flexibility index (Phi) is 5.29. The van der Waals surface area contributed by atoms with Crippen LogP contribution in [-0.4, -0.2) is 10.0 Å². The van der Waals surface area contributed by atoms with Gasteiger partial charge in [-0.1, -0.05) is 78.4 Å². The molecule has 0 aromatic heterocycles. The van der Waals surface area contributed by atoms with E-state index in [2.05, 4.69) is 66.4 Å². The minimum atomic E-state index is 0.367. The minimum Gasteiger partial charge on any atom is -0.508 e. The molecule has 0 aliphatic carbocycles. The van der Waals surface area contributed by atoms with Gasteiger partial charge in [0.25, 0.3) is 0 Å². The summed E-state index contributed by atoms with van der Waals surface area (Å²) >= 11 is 0. The second kappa shape index (κ2) is 7.80. The molecule has 0 aliphatic heterocycles. The SMILES string of the molecule is Cc1ccc(O)c(CN(Cc2ccccc2)Cc2ccccc2)c1. The fourth-order valence-electron chi connectivity index (χ4n) is 2.93. The lowest BCUT2D eigenvalue weighted by Gasteiger charge is -2.23. The van der Waals surface area contributed by atoms with Crippen LogP contribution in [0.5, 0.6) is 5.75 Å². The molecule has 1 N–H and O–H groups in total. The molecule has 0 spiro atoms. The van der Waals surface area contributed by atoms with Crippen LogP contribution in [0.4, 0.5) is 0 Å². The Balaban J connectivity index is 1.82. The van der Waals surface area contributed by atoms with Crippen molar-refractivity contribution < 1.29 is 5.11 Å². The highest BCUT2D eigenvalue weighted by atomic mass is 16.3. The van der Waals surface area contributed by atoms with Crippen molar-refractivity contribution >= 4 is 0 Å². The van der Waals surface area contributed by atoms with Crippen molar-refractivity contribution in [3.05, 3.63) is 101 Å². The molecule has 2 nitrogen and oxygen atoms in total. The van der Waals surface area contributed by atoms with Crippen molar-refractivity contribution in [1.29, 1.82) is 0 Å². The predicted molar refractivity (Wildman–Crippen MR) is 98.7 cm³/mol. The highest BCUT2D eigenvalue weighted by Gasteiger charge is 2.11. The number of aromatic hydroxyl groups is 1. The van der Waals surface area contributed by atoms with Gasteiger partial charge >= 0.3 is 0 Å². The molecule has 3 aromatic rings. The van der Waals surface area contributed by atoms with Crippen molar-refractivity contribution in [2.45, 2.75) is 26.6 Å². The van der Waals surface area contributed by atoms with Gasteiger partial charge < -0.3 is 5.11 Å². The fourth-order valence-corrected chi connectivity index (χ4v) is 2.93. The molecular weight excluding hydrogens is 294 g/mol. The van der Waals surface area contributed by atoms with E-state index in [1.807, 2.05) is 18.2 Å². The van der Waals surface area contributed by atoms with Crippen LogP contribution in [0.25, 0.3) is 0 Å². The van der Waals surface area contributed by atoms with Crippen LogP contribution in [-0.2, 0) is 19.6 Å². The Hall–Kier alpha value is -2.58. The van der Waals surface area contributed by atoms with Crippen molar-refractivity contribution in [1.82, 2.24) is 4.90 Å². The first-order chi connectivity index (χ1) is 11.7. The van der Waals surface area contributed by atoms with E-state index in [4.69, 9.17) is 0 Å². The summed E-state index contributed by atoms with van der Waals surface area (Å²) in [4.78, 5) is 2.36. The van der Waals surface area contributed by atoms with Gasteiger partial charge in [0.1, 0.15) is 5.75 Å². The maximum absolute atomic E-state index is 10.2. The Morgan fingerprint density at radius 1 is 0.708 bits per heavy atom. The Morgan fingerprint density at radius 3 is 1.79 bits per heavy atom. The highest BCUT2D eigenvalue weighted by molar-refractivity contribution is 5.35. The van der Waals surface area contributed by atoms with E-state index in [9.17, 15) is 5.11 Å². The normalized spacial score (nSPS) is 10.9. The van der Waals surface area contributed by atoms with Crippen molar-refractivity contribution in [3.63, 3.8) is 0 Å². The van der Waals surface area contributed by atoms with E-state index in [0.29, 0.717) is 5.75 Å². The quantitative estimate of drug-likeness (QED) is 0.699. The minimum absolute atomic E-state index is 0.367. The molecule has 0 saturated heterocycles. The highest BCUT2D eigenvalue weighted by Crippen LogP contribution is 2.22. The van der Waals surface area contributed by atoms with Crippen LogP contribution >= 0.6 is 0 Å². The van der Waals surface area contributed by atoms with Crippen LogP contribution in [0.1, 0.15) is 22.3 Å². The predicted octanol–water partition coefficient (Wildman–Crippen LogP) is 4.90. The lowest BCUT2D eigenvalue weighted by Crippen LogP contribution is -2.22. The summed E-state index contributed by atoms with van der Waals surface area (Å²) in [7, 11) is 0. The molecular formula is C22H23NO. The first kappa shape index (κ1) is 16.3. The van der Waals surface area contributed by atoms with Crippen LogP contribution in [0, 0.1) is 6.92 Å². The zero-order chi connectivity index (χ0) is 16.8. The molecule has 2 heteroatoms. The largest absolute Gasteiger partial charge is 0.508 e. The van der Waals surface area contributed by atoms with Crippen LogP contribution in [0.3, 0.4) is 0 Å². The molecule has 0 bridgehead atoms. The molecule has 0 radical (unpaired) electrons. The molecule has 3 aromatic carbocycles. The third kappa shape index (κ3) is 4.46. The summed E-state index contributed by atoms with van der Waals surface area (Å²) in [6.07, 6.45) is 0. The average Bonchev–Trinajstić information content (AvgIpc) is 2.60. The second-order valence-corrected chi connectivity index (χ2v) is 6.25. The van der Waals surface area contributed by atoms with Crippen LogP contribution < -0.4 is 0 Å². The van der Waals surface area contributed by atoms with Gasteiger partial charge in [-0.15, -0.1) is 0 Å². The van der Waals surface area contributed by atoms with Crippen molar-refractivity contribution in [2.75, 3.05) is 0 Å². The molecule has 0 atom stereocenters. The molecule has 0 heterocycles. The van der Waals surface area contributed by atoms with E-state index in [0.717, 1.165) is 25.2 Å². The Morgan fingerprint density at radius 2 is 1.25 bits per heavy atom. The van der Waals surface area contributed by atoms with Gasteiger partial charge in [-0.05, 0) is 24.1 Å². The molecule has 0 unspecified atom stereocenters. The molecule has 0 amide bonds. The van der Waals surface area contributed by atoms with Crippen molar-refractivity contribution in [3.8, 4) is 5.75 Å². The lowest BCUT2D eigenvalue weighted by atomic mass is 10.1. The average molecular weight is 317 g/mol. The molecule has 122 valence electrons. The molecule has 0 aliphatic rings. The number of hydrogen-bond donors (Lipinski definition) is 1. The number of phenols is 1. The fraction of sp³-hybridized carbons (Fsp3) is 0.182. The van der Waals surface area contributed by atoms with Gasteiger partial charge in [0, 0.05) is 25.2 Å². The summed E-state index contributed by atoms with van der Waals surface area (Å²) in [6, 6.07) is 26.7. The first-order valence-corrected chi connectivity index (χ1v) is 8.29.